The fraction of sp³-hybridized carbons (Fsp3) is 0.462. The van der Waals surface area contributed by atoms with Gasteiger partial charge in [0.25, 0.3) is 0 Å². The third kappa shape index (κ3) is 4.74. The number of nitrogens with one attached hydrogen (secondary N) is 1. The molecular weight excluding hydrogens is 363 g/mol. The third-order valence-corrected chi connectivity index (χ3v) is 3.85. The lowest BCUT2D eigenvalue weighted by Gasteiger charge is -2.26. The quantitative estimate of drug-likeness (QED) is 0.787. The maximum absolute atomic E-state index is 11.9. The third-order valence-electron chi connectivity index (χ3n) is 2.72. The molecule has 0 aliphatic carbocycles. The lowest BCUT2D eigenvalue weighted by Crippen LogP contribution is -2.38. The van der Waals surface area contributed by atoms with Gasteiger partial charge >= 0.3 is 0 Å². The number of hydrogen-bond acceptors (Lipinski definition) is 2. The Morgan fingerprint density at radius 1 is 1.50 bits per heavy atom. The standard InChI is InChI=1S/C13H18ClIN2O/c1-13(2,3)11(16)7-12(18)17-10-5-4-8(14)6-9(10)15/h4-6,11H,7,16H2,1-3H3,(H,17,18). The van der Waals surface area contributed by atoms with E-state index in [0.29, 0.717) is 11.4 Å². The molecule has 1 unspecified atom stereocenters. The number of carbonyl (C=O) groups is 1. The van der Waals surface area contributed by atoms with Gasteiger partial charge in [0.1, 0.15) is 0 Å². The van der Waals surface area contributed by atoms with Crippen molar-refractivity contribution in [2.45, 2.75) is 33.2 Å². The van der Waals surface area contributed by atoms with Crippen molar-refractivity contribution < 1.29 is 4.79 Å². The molecule has 0 saturated carbocycles. The zero-order valence-electron chi connectivity index (χ0n) is 10.8. The Morgan fingerprint density at radius 2 is 2.11 bits per heavy atom. The van der Waals surface area contributed by atoms with Gasteiger partial charge in [0.2, 0.25) is 5.91 Å². The number of carbonyl (C=O) groups excluding carboxylic acids is 1. The Labute approximate surface area is 127 Å². The minimum absolute atomic E-state index is 0.0716. The van der Waals surface area contributed by atoms with E-state index in [9.17, 15) is 4.79 Å². The van der Waals surface area contributed by atoms with Crippen molar-refractivity contribution in [3.05, 3.63) is 26.8 Å². The molecule has 1 aromatic rings. The lowest BCUT2D eigenvalue weighted by molar-refractivity contribution is -0.117. The number of nitrogens with two attached hydrogens (primary N) is 1. The van der Waals surface area contributed by atoms with E-state index < -0.39 is 0 Å². The largest absolute Gasteiger partial charge is 0.327 e. The van der Waals surface area contributed by atoms with Crippen LogP contribution in [0.15, 0.2) is 18.2 Å². The SMILES string of the molecule is CC(C)(C)C(N)CC(=O)Nc1ccc(Cl)cc1I. The summed E-state index contributed by atoms with van der Waals surface area (Å²) in [5, 5.41) is 3.51. The van der Waals surface area contributed by atoms with Crippen LogP contribution < -0.4 is 11.1 Å². The van der Waals surface area contributed by atoms with E-state index in [1.165, 1.54) is 0 Å². The molecule has 0 radical (unpaired) electrons. The first-order valence-electron chi connectivity index (χ1n) is 5.70. The molecule has 0 aliphatic heterocycles. The average molecular weight is 381 g/mol. The first-order chi connectivity index (χ1) is 8.20. The zero-order chi connectivity index (χ0) is 13.9. The van der Waals surface area contributed by atoms with E-state index in [0.717, 1.165) is 9.26 Å². The van der Waals surface area contributed by atoms with Crippen molar-refractivity contribution in [3.8, 4) is 0 Å². The summed E-state index contributed by atoms with van der Waals surface area (Å²) in [6.45, 7) is 6.07. The van der Waals surface area contributed by atoms with Gasteiger partial charge in [-0.3, -0.25) is 4.79 Å². The molecule has 5 heteroatoms. The molecule has 18 heavy (non-hydrogen) atoms. The zero-order valence-corrected chi connectivity index (χ0v) is 13.7. The van der Waals surface area contributed by atoms with Gasteiger partial charge in [0.15, 0.2) is 0 Å². The molecule has 3 nitrogen and oxygen atoms in total. The van der Waals surface area contributed by atoms with E-state index in [2.05, 4.69) is 27.9 Å². The van der Waals surface area contributed by atoms with Gasteiger partial charge in [0, 0.05) is 21.1 Å². The number of halogens is 2. The maximum atomic E-state index is 11.9. The van der Waals surface area contributed by atoms with E-state index in [1.807, 2.05) is 20.8 Å². The number of anilines is 1. The molecule has 0 spiro atoms. The van der Waals surface area contributed by atoms with Crippen LogP contribution in [0.2, 0.25) is 5.02 Å². The maximum Gasteiger partial charge on any atom is 0.225 e. The molecule has 0 bridgehead atoms. The van der Waals surface area contributed by atoms with Gasteiger partial charge in [-0.1, -0.05) is 32.4 Å². The molecule has 0 saturated heterocycles. The monoisotopic (exact) mass is 380 g/mol. The average Bonchev–Trinajstić information content (AvgIpc) is 2.20. The highest BCUT2D eigenvalue weighted by molar-refractivity contribution is 14.1. The van der Waals surface area contributed by atoms with Crippen molar-refractivity contribution in [2.24, 2.45) is 11.1 Å². The van der Waals surface area contributed by atoms with E-state index >= 15 is 0 Å². The molecule has 0 heterocycles. The summed E-state index contributed by atoms with van der Waals surface area (Å²) < 4.78 is 0.915. The summed E-state index contributed by atoms with van der Waals surface area (Å²) in [5.41, 5.74) is 6.67. The summed E-state index contributed by atoms with van der Waals surface area (Å²) in [6, 6.07) is 5.19. The fourth-order valence-electron chi connectivity index (χ4n) is 1.30. The minimum atomic E-state index is -0.164. The summed E-state index contributed by atoms with van der Waals surface area (Å²) in [6.07, 6.45) is 0.308. The van der Waals surface area contributed by atoms with Gasteiger partial charge in [-0.25, -0.2) is 0 Å². The highest BCUT2D eigenvalue weighted by Gasteiger charge is 2.23. The first-order valence-corrected chi connectivity index (χ1v) is 7.16. The Balaban J connectivity index is 2.65. The predicted octanol–water partition coefficient (Wildman–Crippen LogP) is 3.65. The van der Waals surface area contributed by atoms with Crippen LogP contribution in [0, 0.1) is 8.99 Å². The number of hydrogen-bond donors (Lipinski definition) is 2. The van der Waals surface area contributed by atoms with E-state index in [1.54, 1.807) is 18.2 Å². The van der Waals surface area contributed by atoms with Crippen LogP contribution in [0.1, 0.15) is 27.2 Å². The van der Waals surface area contributed by atoms with Gasteiger partial charge in [0.05, 0.1) is 5.69 Å². The topological polar surface area (TPSA) is 55.1 Å². The highest BCUT2D eigenvalue weighted by Crippen LogP contribution is 2.24. The molecule has 0 aliphatic rings. The molecule has 1 rings (SSSR count). The summed E-state index contributed by atoms with van der Waals surface area (Å²) in [5.74, 6) is -0.0716. The van der Waals surface area contributed by atoms with Crippen molar-refractivity contribution in [3.63, 3.8) is 0 Å². The van der Waals surface area contributed by atoms with Crippen molar-refractivity contribution in [1.29, 1.82) is 0 Å². The van der Waals surface area contributed by atoms with E-state index in [4.69, 9.17) is 17.3 Å². The number of amides is 1. The number of benzene rings is 1. The van der Waals surface area contributed by atoms with Crippen molar-refractivity contribution in [1.82, 2.24) is 0 Å². The van der Waals surface area contributed by atoms with Crippen LogP contribution in [-0.4, -0.2) is 11.9 Å². The van der Waals surface area contributed by atoms with Gasteiger partial charge in [-0.2, -0.15) is 0 Å². The van der Waals surface area contributed by atoms with Crippen molar-refractivity contribution in [2.75, 3.05) is 5.32 Å². The summed E-state index contributed by atoms with van der Waals surface area (Å²) in [4.78, 5) is 11.9. The lowest BCUT2D eigenvalue weighted by atomic mass is 9.85. The van der Waals surface area contributed by atoms with E-state index in [-0.39, 0.29) is 17.4 Å². The molecule has 3 N–H and O–H groups in total. The predicted molar refractivity (Wildman–Crippen MR) is 84.8 cm³/mol. The fourth-order valence-corrected chi connectivity index (χ4v) is 2.30. The van der Waals surface area contributed by atoms with Crippen LogP contribution in [0.4, 0.5) is 5.69 Å². The normalized spacial score (nSPS) is 13.2. The second kappa shape index (κ2) is 6.21. The molecule has 100 valence electrons. The number of rotatable bonds is 3. The van der Waals surface area contributed by atoms with Gasteiger partial charge in [-0.15, -0.1) is 0 Å². The van der Waals surface area contributed by atoms with Crippen LogP contribution in [0.25, 0.3) is 0 Å². The Kier molecular flexibility index (Phi) is 5.43. The second-order valence-corrected chi connectivity index (χ2v) is 6.95. The Bertz CT molecular complexity index is 443. The minimum Gasteiger partial charge on any atom is -0.327 e. The highest BCUT2D eigenvalue weighted by atomic mass is 127. The Morgan fingerprint density at radius 3 is 2.61 bits per heavy atom. The van der Waals surface area contributed by atoms with Crippen LogP contribution >= 0.6 is 34.2 Å². The van der Waals surface area contributed by atoms with Crippen LogP contribution in [0.5, 0.6) is 0 Å². The summed E-state index contributed by atoms with van der Waals surface area (Å²) >= 11 is 8.00. The molecule has 0 aromatic heterocycles. The van der Waals surface area contributed by atoms with Crippen molar-refractivity contribution >= 4 is 45.8 Å². The van der Waals surface area contributed by atoms with Gasteiger partial charge < -0.3 is 11.1 Å². The second-order valence-electron chi connectivity index (χ2n) is 5.35. The molecule has 1 amide bonds. The molecule has 1 aromatic carbocycles. The molecule has 1 atom stereocenters. The summed E-state index contributed by atoms with van der Waals surface area (Å²) in [7, 11) is 0. The first kappa shape index (κ1) is 15.7. The Hall–Kier alpha value is -0.330. The van der Waals surface area contributed by atoms with Crippen LogP contribution in [0.3, 0.4) is 0 Å². The van der Waals surface area contributed by atoms with Crippen LogP contribution in [-0.2, 0) is 4.79 Å². The molecule has 0 fully saturated rings. The smallest absolute Gasteiger partial charge is 0.225 e. The molecular formula is C13H18ClIN2O. The van der Waals surface area contributed by atoms with Gasteiger partial charge in [-0.05, 0) is 46.2 Å².